The zero-order valence-corrected chi connectivity index (χ0v) is 12.1. The van der Waals surface area contributed by atoms with E-state index in [-0.39, 0.29) is 12.3 Å². The Labute approximate surface area is 130 Å². The van der Waals surface area contributed by atoms with Gasteiger partial charge in [0.2, 0.25) is 11.9 Å². The first-order chi connectivity index (χ1) is 10.8. The molecule has 120 valence electrons. The van der Waals surface area contributed by atoms with Crippen molar-refractivity contribution in [2.24, 2.45) is 0 Å². The van der Waals surface area contributed by atoms with Gasteiger partial charge in [0, 0.05) is 25.1 Å². The van der Waals surface area contributed by atoms with Crippen LogP contribution in [0.1, 0.15) is 12.5 Å². The average Bonchev–Trinajstić information content (AvgIpc) is 2.45. The number of pyridine rings is 1. The molecule has 8 heteroatoms. The van der Waals surface area contributed by atoms with E-state index in [1.165, 1.54) is 18.3 Å². The second-order valence-corrected chi connectivity index (χ2v) is 4.95. The van der Waals surface area contributed by atoms with Crippen LogP contribution in [0.5, 0.6) is 5.75 Å². The Morgan fingerprint density at radius 3 is 2.39 bits per heavy atom. The molecule has 0 atom stereocenters. The molecule has 2 rings (SSSR count). The first-order valence-corrected chi connectivity index (χ1v) is 6.60. The molecule has 1 amide bonds. The van der Waals surface area contributed by atoms with Gasteiger partial charge < -0.3 is 20.2 Å². The molecule has 0 bridgehead atoms. The molecule has 0 aliphatic heterocycles. The number of fused-ring (bicyclic) bond motifs is 1. The lowest BCUT2D eigenvalue weighted by Gasteiger charge is -2.25. The van der Waals surface area contributed by atoms with Gasteiger partial charge in [-0.3, -0.25) is 9.78 Å². The molecule has 0 radical (unpaired) electrons. The third kappa shape index (κ3) is 3.54. The predicted octanol–water partition coefficient (Wildman–Crippen LogP) is 0.827. The van der Waals surface area contributed by atoms with Crippen LogP contribution in [0.3, 0.4) is 0 Å². The number of nitrogens with zero attached hydrogens (tertiary/aromatic N) is 2. The summed E-state index contributed by atoms with van der Waals surface area (Å²) in [5.74, 6) is -3.90. The highest BCUT2D eigenvalue weighted by atomic mass is 16.4. The smallest absolute Gasteiger partial charge is 0.338 e. The van der Waals surface area contributed by atoms with E-state index in [1.54, 1.807) is 12.1 Å². The van der Waals surface area contributed by atoms with Gasteiger partial charge in [-0.05, 0) is 29.8 Å². The van der Waals surface area contributed by atoms with Gasteiger partial charge in [-0.2, -0.15) is 0 Å². The van der Waals surface area contributed by atoms with Crippen molar-refractivity contribution in [3.05, 3.63) is 36.0 Å². The van der Waals surface area contributed by atoms with Gasteiger partial charge in [-0.1, -0.05) is 0 Å². The van der Waals surface area contributed by atoms with E-state index in [9.17, 15) is 19.5 Å². The zero-order valence-electron chi connectivity index (χ0n) is 12.1. The maximum Gasteiger partial charge on any atom is 0.338 e. The summed E-state index contributed by atoms with van der Waals surface area (Å²) in [4.78, 5) is 38.7. The van der Waals surface area contributed by atoms with Crippen LogP contribution in [0.25, 0.3) is 10.9 Å². The molecule has 23 heavy (non-hydrogen) atoms. The Morgan fingerprint density at radius 2 is 1.83 bits per heavy atom. The monoisotopic (exact) mass is 318 g/mol. The third-order valence-electron chi connectivity index (χ3n) is 3.26. The molecule has 0 fully saturated rings. The Morgan fingerprint density at radius 1 is 1.17 bits per heavy atom. The number of aromatic nitrogens is 1. The second kappa shape index (κ2) is 6.30. The Balaban J connectivity index is 2.38. The minimum Gasteiger partial charge on any atom is -0.508 e. The highest BCUT2D eigenvalue weighted by Crippen LogP contribution is 2.20. The summed E-state index contributed by atoms with van der Waals surface area (Å²) in [6.07, 6.45) is 1.43. The first kappa shape index (κ1) is 16.2. The number of phenols is 1. The molecule has 2 aromatic rings. The third-order valence-corrected chi connectivity index (χ3v) is 3.26. The Bertz CT molecular complexity index is 775. The standard InChI is InChI=1S/C15H14N2O6/c1-8(18)17(13(14(20)21)15(22)23)7-9-4-10-5-11(19)2-3-12(10)16-6-9/h2-6,13,19H,7H2,1H3,(H,20,21)(H,22,23). The van der Waals surface area contributed by atoms with Crippen LogP contribution in [0, 0.1) is 0 Å². The summed E-state index contributed by atoms with van der Waals surface area (Å²) in [6.45, 7) is 0.871. The number of phenolic OH excluding ortho intramolecular Hbond substituents is 1. The molecule has 0 aliphatic rings. The highest BCUT2D eigenvalue weighted by Gasteiger charge is 2.34. The van der Waals surface area contributed by atoms with Gasteiger partial charge in [0.25, 0.3) is 0 Å². The van der Waals surface area contributed by atoms with Gasteiger partial charge in [-0.15, -0.1) is 0 Å². The van der Waals surface area contributed by atoms with E-state index in [4.69, 9.17) is 10.2 Å². The lowest BCUT2D eigenvalue weighted by molar-refractivity contribution is -0.161. The number of hydrogen-bond donors (Lipinski definition) is 3. The molecule has 3 N–H and O–H groups in total. The number of amides is 1. The quantitative estimate of drug-likeness (QED) is 0.696. The number of carbonyl (C=O) groups excluding carboxylic acids is 1. The molecule has 0 unspecified atom stereocenters. The topological polar surface area (TPSA) is 128 Å². The van der Waals surface area contributed by atoms with E-state index >= 15 is 0 Å². The van der Waals surface area contributed by atoms with Crippen molar-refractivity contribution in [2.75, 3.05) is 0 Å². The van der Waals surface area contributed by atoms with Crippen molar-refractivity contribution >= 4 is 28.7 Å². The first-order valence-electron chi connectivity index (χ1n) is 6.60. The Kier molecular flexibility index (Phi) is 4.44. The molecule has 1 heterocycles. The predicted molar refractivity (Wildman–Crippen MR) is 78.7 cm³/mol. The number of carboxylic acids is 2. The van der Waals surface area contributed by atoms with E-state index in [1.807, 2.05) is 0 Å². The zero-order chi connectivity index (χ0) is 17.1. The van der Waals surface area contributed by atoms with Crippen molar-refractivity contribution in [1.82, 2.24) is 9.88 Å². The maximum absolute atomic E-state index is 11.7. The molecule has 1 aromatic carbocycles. The van der Waals surface area contributed by atoms with Crippen LogP contribution in [-0.2, 0) is 20.9 Å². The van der Waals surface area contributed by atoms with E-state index < -0.39 is 23.9 Å². The van der Waals surface area contributed by atoms with Crippen LogP contribution in [0.2, 0.25) is 0 Å². The second-order valence-electron chi connectivity index (χ2n) is 4.95. The van der Waals surface area contributed by atoms with Crippen LogP contribution in [0.15, 0.2) is 30.5 Å². The highest BCUT2D eigenvalue weighted by molar-refractivity contribution is 6.00. The maximum atomic E-state index is 11.7. The summed E-state index contributed by atoms with van der Waals surface area (Å²) >= 11 is 0. The molecular weight excluding hydrogens is 304 g/mol. The van der Waals surface area contributed by atoms with Gasteiger partial charge in [0.1, 0.15) is 5.75 Å². The van der Waals surface area contributed by atoms with E-state index in [0.29, 0.717) is 16.5 Å². The van der Waals surface area contributed by atoms with Crippen LogP contribution >= 0.6 is 0 Å². The summed E-state index contributed by atoms with van der Waals surface area (Å²) < 4.78 is 0. The van der Waals surface area contributed by atoms with Gasteiger partial charge >= 0.3 is 11.9 Å². The fourth-order valence-corrected chi connectivity index (χ4v) is 2.20. The number of carbonyl (C=O) groups is 3. The fourth-order valence-electron chi connectivity index (χ4n) is 2.20. The summed E-state index contributed by atoms with van der Waals surface area (Å²) in [6, 6.07) is 4.18. The van der Waals surface area contributed by atoms with Gasteiger partial charge in [-0.25, -0.2) is 9.59 Å². The molecule has 0 aliphatic carbocycles. The van der Waals surface area contributed by atoms with Crippen molar-refractivity contribution in [3.8, 4) is 5.75 Å². The molecule has 0 spiro atoms. The van der Waals surface area contributed by atoms with Gasteiger partial charge in [0.15, 0.2) is 0 Å². The van der Waals surface area contributed by atoms with Crippen molar-refractivity contribution in [3.63, 3.8) is 0 Å². The van der Waals surface area contributed by atoms with E-state index in [0.717, 1.165) is 11.8 Å². The summed E-state index contributed by atoms with van der Waals surface area (Å²) in [5.41, 5.74) is 1.06. The number of benzene rings is 1. The largest absolute Gasteiger partial charge is 0.508 e. The molecule has 0 saturated heterocycles. The number of rotatable bonds is 5. The molecular formula is C15H14N2O6. The molecule has 8 nitrogen and oxygen atoms in total. The van der Waals surface area contributed by atoms with Crippen LogP contribution < -0.4 is 0 Å². The minimum atomic E-state index is -1.98. The molecule has 0 saturated carbocycles. The summed E-state index contributed by atoms with van der Waals surface area (Å²) in [7, 11) is 0. The molecule has 1 aromatic heterocycles. The van der Waals surface area contributed by atoms with Crippen LogP contribution in [0.4, 0.5) is 0 Å². The lowest BCUT2D eigenvalue weighted by Crippen LogP contribution is -2.48. The Hall–Kier alpha value is -3.16. The van der Waals surface area contributed by atoms with Crippen molar-refractivity contribution < 1.29 is 29.7 Å². The normalized spacial score (nSPS) is 10.7. The number of carboxylic acid groups (broad SMARTS) is 2. The van der Waals surface area contributed by atoms with Gasteiger partial charge in [0.05, 0.1) is 5.52 Å². The number of hydrogen-bond acceptors (Lipinski definition) is 5. The van der Waals surface area contributed by atoms with Crippen LogP contribution in [-0.4, -0.2) is 49.1 Å². The minimum absolute atomic E-state index is 0.0359. The number of aromatic hydroxyl groups is 1. The SMILES string of the molecule is CC(=O)N(Cc1cnc2ccc(O)cc2c1)C(C(=O)O)C(=O)O. The van der Waals surface area contributed by atoms with E-state index in [2.05, 4.69) is 4.98 Å². The average molecular weight is 318 g/mol. The van der Waals surface area contributed by atoms with Crippen molar-refractivity contribution in [1.29, 1.82) is 0 Å². The fraction of sp³-hybridized carbons (Fsp3) is 0.200. The lowest BCUT2D eigenvalue weighted by atomic mass is 10.1. The number of aliphatic carboxylic acids is 2. The summed E-state index contributed by atoms with van der Waals surface area (Å²) in [5, 5.41) is 28.1. The van der Waals surface area contributed by atoms with Crippen molar-refractivity contribution in [2.45, 2.75) is 19.5 Å².